The first-order chi connectivity index (χ1) is 14.2. The number of hydrogen-bond acceptors (Lipinski definition) is 4. The fourth-order valence-electron chi connectivity index (χ4n) is 3.94. The number of nitrogens with zero attached hydrogens (tertiary/aromatic N) is 1. The maximum absolute atomic E-state index is 13.4. The molecule has 5 nitrogen and oxygen atoms in total. The SMILES string of the molecule is CCOC(=O)CN(Cc1ccccc1)[C@H](C(=O)NC1CCCC1)c1ccccc1. The van der Waals surface area contributed by atoms with Crippen molar-refractivity contribution in [2.24, 2.45) is 0 Å². The summed E-state index contributed by atoms with van der Waals surface area (Å²) in [6.45, 7) is 2.65. The molecule has 1 atom stereocenters. The third kappa shape index (κ3) is 6.16. The van der Waals surface area contributed by atoms with Gasteiger partial charge in [0.1, 0.15) is 6.04 Å². The molecule has 1 aliphatic carbocycles. The van der Waals surface area contributed by atoms with Crippen LogP contribution in [0.3, 0.4) is 0 Å². The van der Waals surface area contributed by atoms with E-state index in [1.54, 1.807) is 6.92 Å². The van der Waals surface area contributed by atoms with E-state index in [0.29, 0.717) is 13.2 Å². The van der Waals surface area contributed by atoms with Gasteiger partial charge in [0.25, 0.3) is 0 Å². The molecule has 1 fully saturated rings. The molecule has 2 aromatic rings. The van der Waals surface area contributed by atoms with Crippen molar-refractivity contribution in [2.45, 2.75) is 51.2 Å². The minimum absolute atomic E-state index is 0.0525. The molecule has 3 rings (SSSR count). The van der Waals surface area contributed by atoms with Crippen LogP contribution in [0.2, 0.25) is 0 Å². The number of amides is 1. The standard InChI is InChI=1S/C24H30N2O3/c1-2-29-22(27)18-26(17-19-11-5-3-6-12-19)23(20-13-7-4-8-14-20)24(28)25-21-15-9-10-16-21/h3-8,11-14,21,23H,2,9-10,15-18H2,1H3,(H,25,28)/t23-/m0/s1. The Kier molecular flexibility index (Phi) is 7.82. The van der Waals surface area contributed by atoms with Crippen LogP contribution < -0.4 is 5.32 Å². The summed E-state index contributed by atoms with van der Waals surface area (Å²) in [5, 5.41) is 3.22. The van der Waals surface area contributed by atoms with E-state index < -0.39 is 6.04 Å². The molecule has 0 heterocycles. The Morgan fingerprint density at radius 1 is 1.03 bits per heavy atom. The summed E-state index contributed by atoms with van der Waals surface area (Å²) in [4.78, 5) is 27.6. The minimum Gasteiger partial charge on any atom is -0.465 e. The first-order valence-corrected chi connectivity index (χ1v) is 10.5. The Morgan fingerprint density at radius 3 is 2.28 bits per heavy atom. The highest BCUT2D eigenvalue weighted by Crippen LogP contribution is 2.25. The van der Waals surface area contributed by atoms with Crippen LogP contribution in [0.15, 0.2) is 60.7 Å². The van der Waals surface area contributed by atoms with Gasteiger partial charge in [-0.1, -0.05) is 73.5 Å². The minimum atomic E-state index is -0.554. The molecular formula is C24H30N2O3. The van der Waals surface area contributed by atoms with Gasteiger partial charge in [0.15, 0.2) is 0 Å². The summed E-state index contributed by atoms with van der Waals surface area (Å²) < 4.78 is 5.20. The maximum atomic E-state index is 13.4. The molecule has 0 radical (unpaired) electrons. The van der Waals surface area contributed by atoms with Crippen molar-refractivity contribution in [3.05, 3.63) is 71.8 Å². The molecule has 0 spiro atoms. The average Bonchev–Trinajstić information content (AvgIpc) is 3.23. The third-order valence-electron chi connectivity index (χ3n) is 5.30. The van der Waals surface area contributed by atoms with E-state index in [4.69, 9.17) is 4.74 Å². The Bertz CT molecular complexity index is 773. The van der Waals surface area contributed by atoms with Crippen LogP contribution in [0.25, 0.3) is 0 Å². The van der Waals surface area contributed by atoms with E-state index in [9.17, 15) is 9.59 Å². The van der Waals surface area contributed by atoms with E-state index in [-0.39, 0.29) is 24.5 Å². The number of nitrogens with one attached hydrogen (secondary N) is 1. The van der Waals surface area contributed by atoms with Gasteiger partial charge in [-0.2, -0.15) is 0 Å². The van der Waals surface area contributed by atoms with Crippen LogP contribution in [0.4, 0.5) is 0 Å². The van der Waals surface area contributed by atoms with E-state index in [2.05, 4.69) is 5.32 Å². The second-order valence-electron chi connectivity index (χ2n) is 7.50. The van der Waals surface area contributed by atoms with E-state index in [0.717, 1.165) is 36.8 Å². The summed E-state index contributed by atoms with van der Waals surface area (Å²) in [5.41, 5.74) is 1.93. The average molecular weight is 395 g/mol. The number of ether oxygens (including phenoxy) is 1. The molecule has 0 aliphatic heterocycles. The van der Waals surface area contributed by atoms with Gasteiger partial charge in [0.05, 0.1) is 13.2 Å². The van der Waals surface area contributed by atoms with Crippen LogP contribution in [0.5, 0.6) is 0 Å². The molecule has 154 valence electrons. The zero-order valence-corrected chi connectivity index (χ0v) is 17.0. The van der Waals surface area contributed by atoms with Crippen molar-refractivity contribution in [1.29, 1.82) is 0 Å². The van der Waals surface area contributed by atoms with E-state index >= 15 is 0 Å². The molecule has 0 saturated heterocycles. The lowest BCUT2D eigenvalue weighted by molar-refractivity contribution is -0.146. The first-order valence-electron chi connectivity index (χ1n) is 10.5. The zero-order chi connectivity index (χ0) is 20.5. The van der Waals surface area contributed by atoms with Crippen LogP contribution in [0, 0.1) is 0 Å². The quantitative estimate of drug-likeness (QED) is 0.657. The van der Waals surface area contributed by atoms with Crippen molar-refractivity contribution in [2.75, 3.05) is 13.2 Å². The lowest BCUT2D eigenvalue weighted by Crippen LogP contribution is -2.45. The Balaban J connectivity index is 1.89. The molecule has 0 bridgehead atoms. The first kappa shape index (κ1) is 21.1. The molecule has 0 unspecified atom stereocenters. The highest BCUT2D eigenvalue weighted by atomic mass is 16.5. The Morgan fingerprint density at radius 2 is 1.66 bits per heavy atom. The van der Waals surface area contributed by atoms with Gasteiger partial charge in [0.2, 0.25) is 5.91 Å². The van der Waals surface area contributed by atoms with Crippen LogP contribution >= 0.6 is 0 Å². The highest BCUT2D eigenvalue weighted by Gasteiger charge is 2.31. The summed E-state index contributed by atoms with van der Waals surface area (Å²) >= 11 is 0. The molecule has 1 amide bonds. The van der Waals surface area contributed by atoms with Gasteiger partial charge in [-0.05, 0) is 30.9 Å². The van der Waals surface area contributed by atoms with E-state index in [1.165, 1.54) is 0 Å². The van der Waals surface area contributed by atoms with Crippen molar-refractivity contribution in [1.82, 2.24) is 10.2 Å². The number of benzene rings is 2. The molecule has 29 heavy (non-hydrogen) atoms. The number of rotatable bonds is 9. The van der Waals surface area contributed by atoms with Crippen molar-refractivity contribution in [3.63, 3.8) is 0 Å². The van der Waals surface area contributed by atoms with Gasteiger partial charge in [0, 0.05) is 12.6 Å². The topological polar surface area (TPSA) is 58.6 Å². The van der Waals surface area contributed by atoms with Crippen LogP contribution in [-0.4, -0.2) is 36.0 Å². The fraction of sp³-hybridized carbons (Fsp3) is 0.417. The summed E-state index contributed by atoms with van der Waals surface area (Å²) in [7, 11) is 0. The lowest BCUT2D eigenvalue weighted by atomic mass is 10.0. The highest BCUT2D eigenvalue weighted by molar-refractivity contribution is 5.84. The zero-order valence-electron chi connectivity index (χ0n) is 17.0. The Labute approximate surface area is 173 Å². The predicted octanol–water partition coefficient (Wildman–Crippen LogP) is 3.85. The number of esters is 1. The predicted molar refractivity (Wildman–Crippen MR) is 113 cm³/mol. The lowest BCUT2D eigenvalue weighted by Gasteiger charge is -2.31. The Hall–Kier alpha value is -2.66. The van der Waals surface area contributed by atoms with Gasteiger partial charge in [-0.25, -0.2) is 0 Å². The molecule has 2 aromatic carbocycles. The van der Waals surface area contributed by atoms with E-state index in [1.807, 2.05) is 65.6 Å². The van der Waals surface area contributed by atoms with Crippen molar-refractivity contribution in [3.8, 4) is 0 Å². The van der Waals surface area contributed by atoms with Crippen molar-refractivity contribution < 1.29 is 14.3 Å². The van der Waals surface area contributed by atoms with Crippen LogP contribution in [0.1, 0.15) is 49.8 Å². The number of carbonyl (C=O) groups excluding carboxylic acids is 2. The molecular weight excluding hydrogens is 364 g/mol. The smallest absolute Gasteiger partial charge is 0.320 e. The third-order valence-corrected chi connectivity index (χ3v) is 5.30. The van der Waals surface area contributed by atoms with Crippen molar-refractivity contribution >= 4 is 11.9 Å². The molecule has 1 N–H and O–H groups in total. The summed E-state index contributed by atoms with van der Waals surface area (Å²) in [6.07, 6.45) is 4.34. The second kappa shape index (κ2) is 10.8. The molecule has 1 saturated carbocycles. The monoisotopic (exact) mass is 394 g/mol. The largest absolute Gasteiger partial charge is 0.465 e. The van der Waals surface area contributed by atoms with Gasteiger partial charge in [-0.15, -0.1) is 0 Å². The molecule has 0 aromatic heterocycles. The van der Waals surface area contributed by atoms with Gasteiger partial charge in [-0.3, -0.25) is 14.5 Å². The van der Waals surface area contributed by atoms with Crippen LogP contribution in [-0.2, 0) is 20.9 Å². The summed E-state index contributed by atoms with van der Waals surface area (Å²) in [5.74, 6) is -0.374. The number of carbonyl (C=O) groups is 2. The maximum Gasteiger partial charge on any atom is 0.320 e. The normalized spacial score (nSPS) is 15.2. The molecule has 5 heteroatoms. The second-order valence-corrected chi connectivity index (χ2v) is 7.50. The number of hydrogen-bond donors (Lipinski definition) is 1. The summed E-state index contributed by atoms with van der Waals surface area (Å²) in [6, 6.07) is 19.3. The van der Waals surface area contributed by atoms with Gasteiger partial charge >= 0.3 is 5.97 Å². The molecule has 1 aliphatic rings. The van der Waals surface area contributed by atoms with Gasteiger partial charge < -0.3 is 10.1 Å². The fourth-order valence-corrected chi connectivity index (χ4v) is 3.94.